The van der Waals surface area contributed by atoms with Gasteiger partial charge < -0.3 is 20.1 Å². The summed E-state index contributed by atoms with van der Waals surface area (Å²) in [5, 5.41) is 25.3. The van der Waals surface area contributed by atoms with Crippen molar-refractivity contribution in [3.63, 3.8) is 0 Å². The first-order valence-corrected chi connectivity index (χ1v) is 13.2. The highest BCUT2D eigenvalue weighted by Crippen LogP contribution is 2.48. The number of carboxylic acid groups (broad SMARTS) is 1. The maximum atomic E-state index is 15.4. The summed E-state index contributed by atoms with van der Waals surface area (Å²) >= 11 is 5.20. The summed E-state index contributed by atoms with van der Waals surface area (Å²) in [7, 11) is 1.98. The number of nitro groups is 1. The fourth-order valence-electron chi connectivity index (χ4n) is 5.68. The maximum Gasteiger partial charge on any atom is 0.407 e. The van der Waals surface area contributed by atoms with E-state index in [0.29, 0.717) is 16.5 Å². The predicted molar refractivity (Wildman–Crippen MR) is 139 cm³/mol. The quantitative estimate of drug-likeness (QED) is 0.198. The number of benzene rings is 1. The smallest absolute Gasteiger partial charge is 0.407 e. The highest BCUT2D eigenvalue weighted by Gasteiger charge is 2.54. The molecule has 3 unspecified atom stereocenters. The van der Waals surface area contributed by atoms with Gasteiger partial charge in [0.25, 0.3) is 5.88 Å². The van der Waals surface area contributed by atoms with E-state index in [0.717, 1.165) is 19.4 Å². The monoisotopic (exact) mass is 663 g/mol. The van der Waals surface area contributed by atoms with Crippen molar-refractivity contribution in [1.29, 1.82) is 0 Å². The summed E-state index contributed by atoms with van der Waals surface area (Å²) < 4.78 is 22.2. The first kappa shape index (κ1) is 24.7. The average Bonchev–Trinajstić information content (AvgIpc) is 3.51. The summed E-state index contributed by atoms with van der Waals surface area (Å²) in [4.78, 5) is 31.2. The van der Waals surface area contributed by atoms with Gasteiger partial charge in [0.05, 0.1) is 21.5 Å². The molecule has 4 fully saturated rings. The maximum absolute atomic E-state index is 15.4. The lowest BCUT2D eigenvalue weighted by atomic mass is 9.79. The number of nitrogens with one attached hydrogen (secondary N) is 1. The van der Waals surface area contributed by atoms with Gasteiger partial charge in [-0.25, -0.2) is 14.2 Å². The number of hydrogen-bond donors (Lipinski definition) is 2. The van der Waals surface area contributed by atoms with Crippen molar-refractivity contribution in [3.05, 3.63) is 30.0 Å². The summed E-state index contributed by atoms with van der Waals surface area (Å²) in [6.45, 7) is 3.11. The van der Waals surface area contributed by atoms with Crippen LogP contribution in [-0.2, 0) is 0 Å². The van der Waals surface area contributed by atoms with Gasteiger partial charge in [-0.3, -0.25) is 15.0 Å². The molecule has 1 aromatic heterocycles. The van der Waals surface area contributed by atoms with Crippen molar-refractivity contribution in [3.8, 4) is 5.88 Å². The first-order valence-electron chi connectivity index (χ1n) is 11.4. The number of likely N-dealkylation sites (N-methyl/N-ethyl adjacent to an activating group) is 1. The van der Waals surface area contributed by atoms with Gasteiger partial charge in [0, 0.05) is 27.5 Å². The fourth-order valence-corrected chi connectivity index (χ4v) is 6.53. The molecule has 1 amide bonds. The van der Waals surface area contributed by atoms with Gasteiger partial charge in [0.15, 0.2) is 5.82 Å². The molecule has 1 aromatic carbocycles. The SMILES string of the molecule is C[C@H](Oc1nc2c(F)c(Br)c(I)cc2c(NC2C3CC2N(C(=O)O)C3)c1[N+](=O)[O-])[C@@H]1CCCN1C. The van der Waals surface area contributed by atoms with Crippen LogP contribution in [0.1, 0.15) is 26.2 Å². The van der Waals surface area contributed by atoms with Gasteiger partial charge in [0.1, 0.15) is 17.3 Å². The number of nitrogens with zero attached hydrogens (tertiary/aromatic N) is 4. The zero-order valence-corrected chi connectivity index (χ0v) is 22.7. The second kappa shape index (κ2) is 9.14. The largest absolute Gasteiger partial charge is 0.468 e. The number of halogens is 3. The molecule has 6 rings (SSSR count). The molecule has 2 N–H and O–H groups in total. The summed E-state index contributed by atoms with van der Waals surface area (Å²) in [5.74, 6) is -0.857. The molecular weight excluding hydrogens is 640 g/mol. The molecular formula is C22H24BrFIN5O5. The molecule has 35 heavy (non-hydrogen) atoms. The molecule has 4 heterocycles. The highest BCUT2D eigenvalue weighted by atomic mass is 127. The van der Waals surface area contributed by atoms with Crippen molar-refractivity contribution in [1.82, 2.24) is 14.8 Å². The van der Waals surface area contributed by atoms with Crippen LogP contribution in [0.4, 0.5) is 20.6 Å². The Labute approximate surface area is 222 Å². The van der Waals surface area contributed by atoms with Crippen LogP contribution in [0.2, 0.25) is 0 Å². The summed E-state index contributed by atoms with van der Waals surface area (Å²) in [6.07, 6.45) is 1.15. The number of anilines is 1. The van der Waals surface area contributed by atoms with E-state index in [4.69, 9.17) is 4.74 Å². The Morgan fingerprint density at radius 1 is 1.51 bits per heavy atom. The van der Waals surface area contributed by atoms with Crippen molar-refractivity contribution in [2.75, 3.05) is 25.5 Å². The third-order valence-corrected chi connectivity index (χ3v) is 9.88. The predicted octanol–water partition coefficient (Wildman–Crippen LogP) is 4.67. The Hall–Kier alpha value is -2.00. The van der Waals surface area contributed by atoms with Crippen LogP contribution < -0.4 is 10.1 Å². The lowest BCUT2D eigenvalue weighted by molar-refractivity contribution is -0.385. The van der Waals surface area contributed by atoms with Crippen molar-refractivity contribution in [2.24, 2.45) is 5.92 Å². The molecule has 2 aromatic rings. The molecule has 0 spiro atoms. The van der Waals surface area contributed by atoms with E-state index in [1.807, 2.05) is 36.6 Å². The Morgan fingerprint density at radius 3 is 2.86 bits per heavy atom. The average molecular weight is 664 g/mol. The Kier molecular flexibility index (Phi) is 6.45. The molecule has 188 valence electrons. The zero-order chi connectivity index (χ0) is 25.2. The van der Waals surface area contributed by atoms with Crippen LogP contribution in [0.3, 0.4) is 0 Å². The van der Waals surface area contributed by atoms with Gasteiger partial charge in [-0.2, -0.15) is 0 Å². The van der Waals surface area contributed by atoms with Crippen LogP contribution in [-0.4, -0.2) is 75.3 Å². The summed E-state index contributed by atoms with van der Waals surface area (Å²) in [6, 6.07) is 1.09. The topological polar surface area (TPSA) is 121 Å². The molecule has 3 saturated heterocycles. The van der Waals surface area contributed by atoms with Gasteiger partial charge in [-0.05, 0) is 84.4 Å². The second-order valence-electron chi connectivity index (χ2n) is 9.46. The molecule has 2 bridgehead atoms. The number of likely N-dealkylation sites (tertiary alicyclic amines) is 1. The first-order chi connectivity index (χ1) is 16.6. The van der Waals surface area contributed by atoms with Gasteiger partial charge in [-0.1, -0.05) is 0 Å². The molecule has 1 aliphatic carbocycles. The highest BCUT2D eigenvalue weighted by molar-refractivity contribution is 14.1. The van der Waals surface area contributed by atoms with E-state index in [-0.39, 0.29) is 56.7 Å². The van der Waals surface area contributed by atoms with Crippen LogP contribution in [0.5, 0.6) is 5.88 Å². The third kappa shape index (κ3) is 4.08. The minimum Gasteiger partial charge on any atom is -0.468 e. The van der Waals surface area contributed by atoms with E-state index >= 15 is 4.39 Å². The number of rotatable bonds is 6. The van der Waals surface area contributed by atoms with E-state index in [9.17, 15) is 20.0 Å². The minimum atomic E-state index is -1.01. The number of pyridine rings is 1. The Morgan fingerprint density at radius 2 is 2.26 bits per heavy atom. The van der Waals surface area contributed by atoms with Crippen molar-refractivity contribution >= 4 is 66.9 Å². The summed E-state index contributed by atoms with van der Waals surface area (Å²) in [5.41, 5.74) is -0.303. The standard InChI is InChI=1S/C22H24BrFIN5O5/c1-9(13-4-3-5-28(13)2)35-21-20(30(33)34)19(11-7-12(25)15(23)16(24)18(11)27-21)26-17-10-6-14(17)29(8-10)22(31)32/h7,9-10,13-14,17H,3-6,8H2,1-2H3,(H,26,27)(H,31,32)/t9-,10?,13-,14?,17?/m0/s1. The van der Waals surface area contributed by atoms with Gasteiger partial charge in [-0.15, -0.1) is 0 Å². The van der Waals surface area contributed by atoms with E-state index in [1.54, 1.807) is 6.07 Å². The molecule has 1 saturated carbocycles. The Balaban J connectivity index is 1.62. The van der Waals surface area contributed by atoms with Crippen molar-refractivity contribution < 1.29 is 24.0 Å². The van der Waals surface area contributed by atoms with Gasteiger partial charge >= 0.3 is 11.8 Å². The molecule has 5 atom stereocenters. The third-order valence-electron chi connectivity index (χ3n) is 7.51. The number of aromatic nitrogens is 1. The molecule has 0 radical (unpaired) electrons. The van der Waals surface area contributed by atoms with Crippen LogP contribution in [0, 0.1) is 25.4 Å². The zero-order valence-electron chi connectivity index (χ0n) is 19.0. The van der Waals surface area contributed by atoms with Crippen LogP contribution >= 0.6 is 38.5 Å². The van der Waals surface area contributed by atoms with Crippen molar-refractivity contribution in [2.45, 2.75) is 50.4 Å². The lowest BCUT2D eigenvalue weighted by Crippen LogP contribution is -2.49. The Bertz CT molecular complexity index is 1230. The van der Waals surface area contributed by atoms with Gasteiger partial charge in [0.2, 0.25) is 0 Å². The van der Waals surface area contributed by atoms with E-state index in [2.05, 4.69) is 31.1 Å². The molecule has 13 heteroatoms. The van der Waals surface area contributed by atoms with E-state index < -0.39 is 22.9 Å². The normalized spacial score (nSPS) is 26.6. The number of ether oxygens (including phenoxy) is 1. The van der Waals surface area contributed by atoms with Crippen LogP contribution in [0.25, 0.3) is 10.9 Å². The second-order valence-corrected chi connectivity index (χ2v) is 11.4. The van der Waals surface area contributed by atoms with Crippen LogP contribution in [0.15, 0.2) is 10.5 Å². The number of hydrogen-bond acceptors (Lipinski definition) is 7. The molecule has 3 aliphatic heterocycles. The lowest BCUT2D eigenvalue weighted by Gasteiger charge is -2.37. The van der Waals surface area contributed by atoms with E-state index in [1.165, 1.54) is 4.90 Å². The fraction of sp³-hybridized carbons (Fsp3) is 0.545. The number of fused-ring (bicyclic) bond motifs is 2. The number of carbonyl (C=O) groups is 1. The molecule has 10 nitrogen and oxygen atoms in total. The molecule has 4 aliphatic rings. The number of amides is 1. The minimum absolute atomic E-state index is 0.0220.